The lowest BCUT2D eigenvalue weighted by molar-refractivity contribution is 0.102. The first-order valence-electron chi connectivity index (χ1n) is 7.56. The Hall–Kier alpha value is -2.88. The summed E-state index contributed by atoms with van der Waals surface area (Å²) in [5.41, 5.74) is 2.10. The van der Waals surface area contributed by atoms with Gasteiger partial charge in [-0.2, -0.15) is 0 Å². The van der Waals surface area contributed by atoms with Gasteiger partial charge in [0.1, 0.15) is 5.75 Å². The Bertz CT molecular complexity index is 838. The number of nitrogens with zero attached hydrogens (tertiary/aromatic N) is 1. The van der Waals surface area contributed by atoms with Crippen LogP contribution in [0.5, 0.6) is 5.75 Å². The minimum atomic E-state index is -0.197. The molecule has 0 aliphatic rings. The van der Waals surface area contributed by atoms with E-state index in [4.69, 9.17) is 4.74 Å². The number of amides is 1. The van der Waals surface area contributed by atoms with Crippen molar-refractivity contribution in [1.29, 1.82) is 0 Å². The number of pyridine rings is 1. The first-order valence-corrected chi connectivity index (χ1v) is 7.56. The minimum Gasteiger partial charge on any atom is -0.490 e. The Morgan fingerprint density at radius 1 is 1.04 bits per heavy atom. The zero-order valence-electron chi connectivity index (χ0n) is 13.1. The fraction of sp³-hybridized carbons (Fsp3) is 0.158. The van der Waals surface area contributed by atoms with Gasteiger partial charge in [0.25, 0.3) is 5.91 Å². The Kier molecular flexibility index (Phi) is 4.24. The third-order valence-electron chi connectivity index (χ3n) is 3.39. The average Bonchev–Trinajstić information content (AvgIpc) is 2.55. The van der Waals surface area contributed by atoms with Gasteiger partial charge in [0.15, 0.2) is 0 Å². The van der Waals surface area contributed by atoms with Crippen LogP contribution < -0.4 is 10.1 Å². The SMILES string of the molecule is CC(C)Oc1ccccc1C(=O)Nc1cccc2ncccc12. The number of ether oxygens (including phenoxy) is 1. The van der Waals surface area contributed by atoms with Gasteiger partial charge >= 0.3 is 0 Å². The second-order valence-corrected chi connectivity index (χ2v) is 5.49. The number of para-hydroxylation sites is 1. The number of rotatable bonds is 4. The van der Waals surface area contributed by atoms with Crippen molar-refractivity contribution in [3.8, 4) is 5.75 Å². The van der Waals surface area contributed by atoms with Crippen molar-refractivity contribution in [2.45, 2.75) is 20.0 Å². The molecule has 4 heteroatoms. The Labute approximate surface area is 135 Å². The molecule has 0 radical (unpaired) electrons. The van der Waals surface area contributed by atoms with Crippen LogP contribution in [0.3, 0.4) is 0 Å². The molecule has 0 bridgehead atoms. The number of carbonyl (C=O) groups excluding carboxylic acids is 1. The van der Waals surface area contributed by atoms with Crippen LogP contribution in [0.4, 0.5) is 5.69 Å². The number of nitrogens with one attached hydrogen (secondary N) is 1. The molecule has 23 heavy (non-hydrogen) atoms. The predicted molar refractivity (Wildman–Crippen MR) is 91.9 cm³/mol. The Balaban J connectivity index is 1.93. The molecular weight excluding hydrogens is 288 g/mol. The third-order valence-corrected chi connectivity index (χ3v) is 3.39. The van der Waals surface area contributed by atoms with Crippen LogP contribution in [0.25, 0.3) is 10.9 Å². The first-order chi connectivity index (χ1) is 11.1. The maximum Gasteiger partial charge on any atom is 0.259 e. The zero-order chi connectivity index (χ0) is 16.2. The maximum absolute atomic E-state index is 12.6. The molecule has 3 aromatic rings. The van der Waals surface area contributed by atoms with Gasteiger partial charge in [0.05, 0.1) is 22.9 Å². The number of fused-ring (bicyclic) bond motifs is 1. The van der Waals surface area contributed by atoms with Crippen LogP contribution in [0.15, 0.2) is 60.8 Å². The normalized spacial score (nSPS) is 10.7. The number of hydrogen-bond donors (Lipinski definition) is 1. The highest BCUT2D eigenvalue weighted by Crippen LogP contribution is 2.24. The molecule has 1 aromatic heterocycles. The summed E-state index contributed by atoms with van der Waals surface area (Å²) >= 11 is 0. The summed E-state index contributed by atoms with van der Waals surface area (Å²) < 4.78 is 5.72. The molecule has 2 aromatic carbocycles. The van der Waals surface area contributed by atoms with E-state index in [2.05, 4.69) is 10.3 Å². The summed E-state index contributed by atoms with van der Waals surface area (Å²) in [6.45, 7) is 3.87. The fourth-order valence-electron chi connectivity index (χ4n) is 2.41. The molecule has 3 rings (SSSR count). The van der Waals surface area contributed by atoms with Crippen molar-refractivity contribution >= 4 is 22.5 Å². The summed E-state index contributed by atoms with van der Waals surface area (Å²) in [7, 11) is 0. The van der Waals surface area contributed by atoms with E-state index in [1.807, 2.05) is 56.3 Å². The van der Waals surface area contributed by atoms with E-state index in [0.29, 0.717) is 11.3 Å². The second-order valence-electron chi connectivity index (χ2n) is 5.49. The molecule has 0 unspecified atom stereocenters. The van der Waals surface area contributed by atoms with Gasteiger partial charge in [-0.05, 0) is 50.2 Å². The Morgan fingerprint density at radius 3 is 2.70 bits per heavy atom. The van der Waals surface area contributed by atoms with E-state index in [-0.39, 0.29) is 12.0 Å². The lowest BCUT2D eigenvalue weighted by Gasteiger charge is -2.14. The number of aromatic nitrogens is 1. The van der Waals surface area contributed by atoms with Gasteiger partial charge in [-0.3, -0.25) is 9.78 Å². The van der Waals surface area contributed by atoms with E-state index in [1.54, 1.807) is 18.3 Å². The van der Waals surface area contributed by atoms with Crippen LogP contribution in [-0.2, 0) is 0 Å². The fourth-order valence-corrected chi connectivity index (χ4v) is 2.41. The molecule has 0 fully saturated rings. The summed E-state index contributed by atoms with van der Waals surface area (Å²) in [6, 6.07) is 16.7. The number of hydrogen-bond acceptors (Lipinski definition) is 3. The van der Waals surface area contributed by atoms with E-state index >= 15 is 0 Å². The molecule has 1 amide bonds. The molecule has 0 spiro atoms. The van der Waals surface area contributed by atoms with Gasteiger partial charge in [0, 0.05) is 11.6 Å². The molecule has 4 nitrogen and oxygen atoms in total. The zero-order valence-corrected chi connectivity index (χ0v) is 13.1. The summed E-state index contributed by atoms with van der Waals surface area (Å²) in [4.78, 5) is 17.0. The van der Waals surface area contributed by atoms with Crippen molar-refractivity contribution < 1.29 is 9.53 Å². The van der Waals surface area contributed by atoms with Crippen molar-refractivity contribution in [2.75, 3.05) is 5.32 Å². The molecular formula is C19H18N2O2. The summed E-state index contributed by atoms with van der Waals surface area (Å²) in [5.74, 6) is 0.385. The standard InChI is InChI=1S/C19H18N2O2/c1-13(2)23-18-11-4-3-7-15(18)19(22)21-17-10-5-9-16-14(17)8-6-12-20-16/h3-13H,1-2H3,(H,21,22). The lowest BCUT2D eigenvalue weighted by Crippen LogP contribution is -2.15. The van der Waals surface area contributed by atoms with Gasteiger partial charge in [-0.15, -0.1) is 0 Å². The lowest BCUT2D eigenvalue weighted by atomic mass is 10.1. The van der Waals surface area contributed by atoms with Crippen molar-refractivity contribution in [1.82, 2.24) is 4.98 Å². The number of benzene rings is 2. The van der Waals surface area contributed by atoms with Gasteiger partial charge < -0.3 is 10.1 Å². The molecule has 0 saturated carbocycles. The average molecular weight is 306 g/mol. The van der Waals surface area contributed by atoms with Gasteiger partial charge in [-0.25, -0.2) is 0 Å². The van der Waals surface area contributed by atoms with Crippen molar-refractivity contribution in [3.63, 3.8) is 0 Å². The maximum atomic E-state index is 12.6. The van der Waals surface area contributed by atoms with E-state index in [1.165, 1.54) is 0 Å². The molecule has 0 aliphatic heterocycles. The van der Waals surface area contributed by atoms with Crippen LogP contribution >= 0.6 is 0 Å². The quantitative estimate of drug-likeness (QED) is 0.783. The summed E-state index contributed by atoms with van der Waals surface area (Å²) in [6.07, 6.45) is 1.74. The highest BCUT2D eigenvalue weighted by molar-refractivity contribution is 6.10. The van der Waals surface area contributed by atoms with Crippen molar-refractivity contribution in [3.05, 3.63) is 66.4 Å². The van der Waals surface area contributed by atoms with E-state index in [9.17, 15) is 4.79 Å². The third kappa shape index (κ3) is 3.31. The monoisotopic (exact) mass is 306 g/mol. The smallest absolute Gasteiger partial charge is 0.259 e. The van der Waals surface area contributed by atoms with Crippen LogP contribution in [0, 0.1) is 0 Å². The Morgan fingerprint density at radius 2 is 1.87 bits per heavy atom. The van der Waals surface area contributed by atoms with Crippen LogP contribution in [0.2, 0.25) is 0 Å². The largest absolute Gasteiger partial charge is 0.490 e. The van der Waals surface area contributed by atoms with Crippen molar-refractivity contribution in [2.24, 2.45) is 0 Å². The molecule has 0 aliphatic carbocycles. The van der Waals surface area contributed by atoms with Gasteiger partial charge in [-0.1, -0.05) is 18.2 Å². The molecule has 1 heterocycles. The second kappa shape index (κ2) is 6.48. The minimum absolute atomic E-state index is 0.00528. The van der Waals surface area contributed by atoms with E-state index in [0.717, 1.165) is 16.6 Å². The number of carbonyl (C=O) groups is 1. The number of anilines is 1. The molecule has 116 valence electrons. The molecule has 0 saturated heterocycles. The summed E-state index contributed by atoms with van der Waals surface area (Å²) in [5, 5.41) is 3.86. The predicted octanol–water partition coefficient (Wildman–Crippen LogP) is 4.27. The van der Waals surface area contributed by atoms with E-state index < -0.39 is 0 Å². The molecule has 1 N–H and O–H groups in total. The van der Waals surface area contributed by atoms with Crippen LogP contribution in [-0.4, -0.2) is 17.0 Å². The topological polar surface area (TPSA) is 51.2 Å². The first kappa shape index (κ1) is 15.0. The van der Waals surface area contributed by atoms with Crippen LogP contribution in [0.1, 0.15) is 24.2 Å². The highest BCUT2D eigenvalue weighted by atomic mass is 16.5. The molecule has 0 atom stereocenters. The van der Waals surface area contributed by atoms with Gasteiger partial charge in [0.2, 0.25) is 0 Å². The highest BCUT2D eigenvalue weighted by Gasteiger charge is 2.14.